The Balaban J connectivity index is 2.02. The van der Waals surface area contributed by atoms with Crippen molar-refractivity contribution in [1.29, 1.82) is 0 Å². The van der Waals surface area contributed by atoms with Gasteiger partial charge in [0, 0.05) is 25.7 Å². The molecule has 0 saturated heterocycles. The lowest BCUT2D eigenvalue weighted by molar-refractivity contribution is 0.180. The lowest BCUT2D eigenvalue weighted by Gasteiger charge is -2.33. The van der Waals surface area contributed by atoms with Gasteiger partial charge in [0.05, 0.1) is 7.11 Å². The number of nitrogens with zero attached hydrogens (tertiary/aromatic N) is 2. The Morgan fingerprint density at radius 1 is 1.33 bits per heavy atom. The number of hydrogen-bond donors (Lipinski definition) is 0. The highest BCUT2D eigenvalue weighted by molar-refractivity contribution is 5.37. The zero-order valence-electron chi connectivity index (χ0n) is 11.9. The molecule has 0 aromatic heterocycles. The summed E-state index contributed by atoms with van der Waals surface area (Å²) in [5, 5.41) is 0. The van der Waals surface area contributed by atoms with Gasteiger partial charge in [-0.05, 0) is 50.7 Å². The monoisotopic (exact) mass is 248 g/mol. The highest BCUT2D eigenvalue weighted by Gasteiger charge is 2.18. The fourth-order valence-corrected chi connectivity index (χ4v) is 2.41. The van der Waals surface area contributed by atoms with Gasteiger partial charge >= 0.3 is 0 Å². The number of likely N-dealkylation sites (N-methyl/N-ethyl adjacent to an activating group) is 1. The number of rotatable bonds is 4. The molecule has 0 aliphatic carbocycles. The second-order valence-corrected chi connectivity index (χ2v) is 5.43. The van der Waals surface area contributed by atoms with E-state index in [4.69, 9.17) is 4.74 Å². The van der Waals surface area contributed by atoms with Crippen LogP contribution in [0.2, 0.25) is 0 Å². The molecule has 100 valence electrons. The Morgan fingerprint density at radius 3 is 2.78 bits per heavy atom. The predicted molar refractivity (Wildman–Crippen MR) is 75.1 cm³/mol. The van der Waals surface area contributed by atoms with Gasteiger partial charge in [-0.2, -0.15) is 0 Å². The summed E-state index contributed by atoms with van der Waals surface area (Å²) in [4.78, 5) is 4.82. The molecule has 0 amide bonds. The van der Waals surface area contributed by atoms with Gasteiger partial charge in [0.25, 0.3) is 0 Å². The summed E-state index contributed by atoms with van der Waals surface area (Å²) in [5.74, 6) is 0.976. The maximum Gasteiger partial charge on any atom is 0.119 e. The summed E-state index contributed by atoms with van der Waals surface area (Å²) in [6, 6.07) is 7.06. The minimum absolute atomic E-state index is 0.602. The van der Waals surface area contributed by atoms with Crippen molar-refractivity contribution in [2.24, 2.45) is 0 Å². The topological polar surface area (TPSA) is 15.7 Å². The van der Waals surface area contributed by atoms with Crippen molar-refractivity contribution in [3.63, 3.8) is 0 Å². The molecule has 1 aromatic rings. The number of methoxy groups -OCH3 is 1. The van der Waals surface area contributed by atoms with E-state index in [2.05, 4.69) is 49.0 Å². The number of benzene rings is 1. The SMILES string of the molecule is COc1ccc2c(c1)CCN(CC(C)N(C)C)C2. The van der Waals surface area contributed by atoms with Gasteiger partial charge in [-0.15, -0.1) is 0 Å². The van der Waals surface area contributed by atoms with Crippen LogP contribution < -0.4 is 4.74 Å². The van der Waals surface area contributed by atoms with Crippen molar-refractivity contribution >= 4 is 0 Å². The van der Waals surface area contributed by atoms with E-state index >= 15 is 0 Å². The zero-order chi connectivity index (χ0) is 13.1. The smallest absolute Gasteiger partial charge is 0.119 e. The fourth-order valence-electron chi connectivity index (χ4n) is 2.41. The second kappa shape index (κ2) is 5.72. The summed E-state index contributed by atoms with van der Waals surface area (Å²) in [6.07, 6.45) is 1.13. The van der Waals surface area contributed by atoms with Crippen LogP contribution in [-0.2, 0) is 13.0 Å². The molecule has 2 rings (SSSR count). The van der Waals surface area contributed by atoms with E-state index in [1.807, 2.05) is 0 Å². The van der Waals surface area contributed by atoms with Crippen molar-refractivity contribution in [3.8, 4) is 5.75 Å². The van der Waals surface area contributed by atoms with Crippen molar-refractivity contribution < 1.29 is 4.74 Å². The largest absolute Gasteiger partial charge is 0.497 e. The summed E-state index contributed by atoms with van der Waals surface area (Å²) in [5.41, 5.74) is 2.90. The Morgan fingerprint density at radius 2 is 2.11 bits per heavy atom. The highest BCUT2D eigenvalue weighted by atomic mass is 16.5. The van der Waals surface area contributed by atoms with Crippen LogP contribution in [0.15, 0.2) is 18.2 Å². The third kappa shape index (κ3) is 3.03. The second-order valence-electron chi connectivity index (χ2n) is 5.43. The quantitative estimate of drug-likeness (QED) is 0.810. The fraction of sp³-hybridized carbons (Fsp3) is 0.600. The van der Waals surface area contributed by atoms with Crippen molar-refractivity contribution in [1.82, 2.24) is 9.80 Å². The molecule has 0 N–H and O–H groups in total. The molecule has 1 atom stereocenters. The molecule has 1 aliphatic heterocycles. The summed E-state index contributed by atoms with van der Waals surface area (Å²) < 4.78 is 5.28. The van der Waals surface area contributed by atoms with Crippen LogP contribution in [0.25, 0.3) is 0 Å². The third-order valence-corrected chi connectivity index (χ3v) is 3.91. The first-order valence-corrected chi connectivity index (χ1v) is 6.64. The molecule has 0 fully saturated rings. The summed E-state index contributed by atoms with van der Waals surface area (Å²) in [6.45, 7) is 5.64. The first-order valence-electron chi connectivity index (χ1n) is 6.64. The Bertz CT molecular complexity index is 403. The first-order chi connectivity index (χ1) is 8.60. The van der Waals surface area contributed by atoms with E-state index in [0.29, 0.717) is 6.04 Å². The maximum atomic E-state index is 5.28. The van der Waals surface area contributed by atoms with Crippen molar-refractivity contribution in [2.45, 2.75) is 25.9 Å². The maximum absolute atomic E-state index is 5.28. The van der Waals surface area contributed by atoms with Crippen LogP contribution in [0.1, 0.15) is 18.1 Å². The van der Waals surface area contributed by atoms with Crippen LogP contribution in [0.3, 0.4) is 0 Å². The van der Waals surface area contributed by atoms with E-state index in [0.717, 1.165) is 31.8 Å². The number of ether oxygens (including phenoxy) is 1. The van der Waals surface area contributed by atoms with Crippen LogP contribution in [-0.4, -0.2) is 50.1 Å². The lowest BCUT2D eigenvalue weighted by atomic mass is 9.99. The van der Waals surface area contributed by atoms with E-state index in [1.54, 1.807) is 7.11 Å². The van der Waals surface area contributed by atoms with Gasteiger partial charge in [-0.1, -0.05) is 6.07 Å². The van der Waals surface area contributed by atoms with Crippen LogP contribution in [0.4, 0.5) is 0 Å². The van der Waals surface area contributed by atoms with E-state index in [-0.39, 0.29) is 0 Å². The molecule has 1 aromatic carbocycles. The molecule has 1 aliphatic rings. The molecular weight excluding hydrogens is 224 g/mol. The molecule has 0 radical (unpaired) electrons. The summed E-state index contributed by atoms with van der Waals surface area (Å²) >= 11 is 0. The standard InChI is InChI=1S/C15H24N2O/c1-12(16(2)3)10-17-8-7-13-9-15(18-4)6-5-14(13)11-17/h5-6,9,12H,7-8,10-11H2,1-4H3. The van der Waals surface area contributed by atoms with Gasteiger partial charge < -0.3 is 9.64 Å². The molecule has 3 heteroatoms. The first kappa shape index (κ1) is 13.4. The molecule has 3 nitrogen and oxygen atoms in total. The molecule has 1 unspecified atom stereocenters. The molecule has 1 heterocycles. The minimum atomic E-state index is 0.602. The Hall–Kier alpha value is -1.06. The van der Waals surface area contributed by atoms with Crippen LogP contribution in [0.5, 0.6) is 5.75 Å². The van der Waals surface area contributed by atoms with E-state index < -0.39 is 0 Å². The van der Waals surface area contributed by atoms with Crippen LogP contribution >= 0.6 is 0 Å². The van der Waals surface area contributed by atoms with Crippen LogP contribution in [0, 0.1) is 0 Å². The van der Waals surface area contributed by atoms with Crippen molar-refractivity contribution in [3.05, 3.63) is 29.3 Å². The Kier molecular flexibility index (Phi) is 4.25. The molecule has 18 heavy (non-hydrogen) atoms. The van der Waals surface area contributed by atoms with Gasteiger partial charge in [-0.25, -0.2) is 0 Å². The zero-order valence-corrected chi connectivity index (χ0v) is 11.9. The molecule has 0 bridgehead atoms. The number of hydrogen-bond acceptors (Lipinski definition) is 3. The Labute approximate surface area is 110 Å². The minimum Gasteiger partial charge on any atom is -0.497 e. The lowest BCUT2D eigenvalue weighted by Crippen LogP contribution is -2.40. The average Bonchev–Trinajstić information content (AvgIpc) is 2.37. The predicted octanol–water partition coefficient (Wildman–Crippen LogP) is 2.00. The van der Waals surface area contributed by atoms with Gasteiger partial charge in [0.1, 0.15) is 5.75 Å². The average molecular weight is 248 g/mol. The molecular formula is C15H24N2O. The highest BCUT2D eigenvalue weighted by Crippen LogP contribution is 2.23. The van der Waals surface area contributed by atoms with Crippen molar-refractivity contribution in [2.75, 3.05) is 34.3 Å². The molecule has 0 saturated carbocycles. The van der Waals surface area contributed by atoms with Gasteiger partial charge in [-0.3, -0.25) is 4.90 Å². The van der Waals surface area contributed by atoms with E-state index in [9.17, 15) is 0 Å². The number of fused-ring (bicyclic) bond motifs is 1. The van der Waals surface area contributed by atoms with Gasteiger partial charge in [0.15, 0.2) is 0 Å². The summed E-state index contributed by atoms with van der Waals surface area (Å²) in [7, 11) is 6.02. The normalized spacial score (nSPS) is 17.6. The molecule has 0 spiro atoms. The third-order valence-electron chi connectivity index (χ3n) is 3.91. The van der Waals surface area contributed by atoms with Gasteiger partial charge in [0.2, 0.25) is 0 Å². The van der Waals surface area contributed by atoms with E-state index in [1.165, 1.54) is 11.1 Å².